The number of hydrogen-bond acceptors (Lipinski definition) is 3. The molecule has 0 amide bonds. The van der Waals surface area contributed by atoms with Gasteiger partial charge in [-0.05, 0) is 43.5 Å². The molecule has 4 rings (SSSR count). The SMILES string of the molecule is CN1CCOC(CC2C=CC=C3CC=C4CC=CC=C4N=C32)C1. The number of likely N-dealkylation sites (N-methyl/N-ethyl adjacent to an activating group) is 1. The van der Waals surface area contributed by atoms with E-state index in [-0.39, 0.29) is 0 Å². The minimum Gasteiger partial charge on any atom is -0.376 e. The molecule has 4 aliphatic rings. The maximum Gasteiger partial charge on any atom is 0.0711 e. The van der Waals surface area contributed by atoms with Crippen LogP contribution in [0.5, 0.6) is 0 Å². The number of fused-ring (bicyclic) bond motifs is 2. The lowest BCUT2D eigenvalue weighted by Crippen LogP contribution is -2.41. The molecule has 2 heterocycles. The number of allylic oxidation sites excluding steroid dienone is 9. The second-order valence-electron chi connectivity index (χ2n) is 6.79. The lowest BCUT2D eigenvalue weighted by Gasteiger charge is -2.32. The number of aliphatic imine (C=N–C) groups is 1. The van der Waals surface area contributed by atoms with Crippen LogP contribution in [0.4, 0.5) is 0 Å². The molecule has 0 aromatic carbocycles. The van der Waals surface area contributed by atoms with Crippen LogP contribution >= 0.6 is 0 Å². The number of rotatable bonds is 2. The topological polar surface area (TPSA) is 24.8 Å². The molecular formula is C20H24N2O. The van der Waals surface area contributed by atoms with E-state index in [9.17, 15) is 0 Å². The Morgan fingerprint density at radius 1 is 1.22 bits per heavy atom. The number of ether oxygens (including phenoxy) is 1. The van der Waals surface area contributed by atoms with Crippen molar-refractivity contribution < 1.29 is 4.74 Å². The summed E-state index contributed by atoms with van der Waals surface area (Å²) in [6.45, 7) is 2.90. The zero-order valence-electron chi connectivity index (χ0n) is 13.7. The summed E-state index contributed by atoms with van der Waals surface area (Å²) < 4.78 is 5.98. The van der Waals surface area contributed by atoms with E-state index in [1.807, 2.05) is 0 Å². The molecule has 3 heteroatoms. The summed E-state index contributed by atoms with van der Waals surface area (Å²) in [6, 6.07) is 0. The van der Waals surface area contributed by atoms with Gasteiger partial charge in [0.15, 0.2) is 0 Å². The Morgan fingerprint density at radius 3 is 3.09 bits per heavy atom. The molecule has 0 saturated carbocycles. The van der Waals surface area contributed by atoms with E-state index in [4.69, 9.17) is 9.73 Å². The fourth-order valence-electron chi connectivity index (χ4n) is 3.76. The lowest BCUT2D eigenvalue weighted by molar-refractivity contribution is -0.0253. The summed E-state index contributed by atoms with van der Waals surface area (Å²) in [5, 5.41) is 0. The summed E-state index contributed by atoms with van der Waals surface area (Å²) in [7, 11) is 2.18. The molecule has 0 aromatic rings. The van der Waals surface area contributed by atoms with Gasteiger partial charge in [-0.15, -0.1) is 0 Å². The predicted molar refractivity (Wildman–Crippen MR) is 94.5 cm³/mol. The van der Waals surface area contributed by atoms with Crippen LogP contribution in [-0.4, -0.2) is 43.5 Å². The highest BCUT2D eigenvalue weighted by atomic mass is 16.5. The van der Waals surface area contributed by atoms with Crippen LogP contribution < -0.4 is 0 Å². The molecule has 120 valence electrons. The molecule has 0 aromatic heterocycles. The molecule has 2 unspecified atom stereocenters. The first-order valence-corrected chi connectivity index (χ1v) is 8.62. The van der Waals surface area contributed by atoms with E-state index in [0.29, 0.717) is 12.0 Å². The molecule has 3 nitrogen and oxygen atoms in total. The first-order chi connectivity index (χ1) is 11.3. The normalized spacial score (nSPS) is 30.5. The van der Waals surface area contributed by atoms with Gasteiger partial charge in [0.2, 0.25) is 0 Å². The van der Waals surface area contributed by atoms with Crippen molar-refractivity contribution in [3.63, 3.8) is 0 Å². The Balaban J connectivity index is 1.58. The monoisotopic (exact) mass is 308 g/mol. The highest BCUT2D eigenvalue weighted by Crippen LogP contribution is 2.32. The maximum absolute atomic E-state index is 5.98. The Morgan fingerprint density at radius 2 is 2.17 bits per heavy atom. The Labute approximate surface area is 138 Å². The van der Waals surface area contributed by atoms with E-state index in [0.717, 1.165) is 44.7 Å². The van der Waals surface area contributed by atoms with Crippen molar-refractivity contribution in [2.24, 2.45) is 10.9 Å². The summed E-state index contributed by atoms with van der Waals surface area (Å²) in [6.07, 6.45) is 18.9. The molecule has 2 atom stereocenters. The van der Waals surface area contributed by atoms with Gasteiger partial charge in [0.25, 0.3) is 0 Å². The van der Waals surface area contributed by atoms with Crippen molar-refractivity contribution in [1.82, 2.24) is 4.90 Å². The van der Waals surface area contributed by atoms with Crippen molar-refractivity contribution in [3.8, 4) is 0 Å². The Kier molecular flexibility index (Phi) is 4.15. The first kappa shape index (κ1) is 14.9. The second kappa shape index (κ2) is 6.42. The Hall–Kier alpha value is -1.71. The second-order valence-corrected chi connectivity index (χ2v) is 6.79. The summed E-state index contributed by atoms with van der Waals surface area (Å²) >= 11 is 0. The highest BCUT2D eigenvalue weighted by molar-refractivity contribution is 6.05. The average Bonchev–Trinajstić information content (AvgIpc) is 2.75. The third kappa shape index (κ3) is 3.17. The van der Waals surface area contributed by atoms with Gasteiger partial charge < -0.3 is 9.64 Å². The van der Waals surface area contributed by atoms with Crippen LogP contribution in [-0.2, 0) is 4.74 Å². The Bertz CT molecular complexity index is 663. The fourth-order valence-corrected chi connectivity index (χ4v) is 3.76. The molecule has 0 N–H and O–H groups in total. The largest absolute Gasteiger partial charge is 0.376 e. The van der Waals surface area contributed by atoms with Crippen molar-refractivity contribution >= 4 is 5.71 Å². The quantitative estimate of drug-likeness (QED) is 0.780. The fraction of sp³-hybridized carbons (Fsp3) is 0.450. The van der Waals surface area contributed by atoms with Gasteiger partial charge >= 0.3 is 0 Å². The number of hydrogen-bond donors (Lipinski definition) is 0. The summed E-state index contributed by atoms with van der Waals surface area (Å²) in [5.41, 5.74) is 5.12. The van der Waals surface area contributed by atoms with Crippen LogP contribution in [0.1, 0.15) is 19.3 Å². The van der Waals surface area contributed by atoms with Gasteiger partial charge in [0.05, 0.1) is 24.1 Å². The van der Waals surface area contributed by atoms with Gasteiger partial charge in [-0.25, -0.2) is 0 Å². The first-order valence-electron chi connectivity index (χ1n) is 8.62. The standard InChI is InChI=1S/C20H24N2O/c1-22-11-12-23-18(14-22)13-17-7-4-6-16-10-9-15-5-2-3-8-19(15)21-20(16)17/h2-4,6-9,17-18H,5,10-14H2,1H3. The van der Waals surface area contributed by atoms with E-state index in [1.165, 1.54) is 16.9 Å². The van der Waals surface area contributed by atoms with Gasteiger partial charge in [0.1, 0.15) is 0 Å². The zero-order valence-corrected chi connectivity index (χ0v) is 13.7. The van der Waals surface area contributed by atoms with Crippen LogP contribution in [0.3, 0.4) is 0 Å². The zero-order chi connectivity index (χ0) is 15.6. The maximum atomic E-state index is 5.98. The van der Waals surface area contributed by atoms with E-state index >= 15 is 0 Å². The minimum absolute atomic E-state index is 0.307. The van der Waals surface area contributed by atoms with Gasteiger partial charge in [-0.1, -0.05) is 36.5 Å². The highest BCUT2D eigenvalue weighted by Gasteiger charge is 2.27. The predicted octanol–water partition coefficient (Wildman–Crippen LogP) is 3.43. The van der Waals surface area contributed by atoms with Crippen molar-refractivity contribution in [2.45, 2.75) is 25.4 Å². The van der Waals surface area contributed by atoms with Crippen molar-refractivity contribution in [2.75, 3.05) is 26.7 Å². The van der Waals surface area contributed by atoms with Gasteiger partial charge in [-0.3, -0.25) is 4.99 Å². The molecule has 0 radical (unpaired) electrons. The molecule has 0 spiro atoms. The summed E-state index contributed by atoms with van der Waals surface area (Å²) in [4.78, 5) is 7.42. The van der Waals surface area contributed by atoms with Gasteiger partial charge in [-0.2, -0.15) is 0 Å². The molecule has 2 aliphatic heterocycles. The third-order valence-electron chi connectivity index (χ3n) is 5.05. The molecule has 0 bridgehead atoms. The van der Waals surface area contributed by atoms with Crippen LogP contribution in [0.25, 0.3) is 0 Å². The van der Waals surface area contributed by atoms with E-state index in [2.05, 4.69) is 54.5 Å². The average molecular weight is 308 g/mol. The molecule has 2 aliphatic carbocycles. The van der Waals surface area contributed by atoms with Crippen molar-refractivity contribution in [3.05, 3.63) is 59.4 Å². The third-order valence-corrected chi connectivity index (χ3v) is 5.05. The smallest absolute Gasteiger partial charge is 0.0711 e. The van der Waals surface area contributed by atoms with Gasteiger partial charge in [0, 0.05) is 19.0 Å². The summed E-state index contributed by atoms with van der Waals surface area (Å²) in [5.74, 6) is 0.367. The number of morpholine rings is 1. The molecule has 1 saturated heterocycles. The van der Waals surface area contributed by atoms with Crippen LogP contribution in [0, 0.1) is 5.92 Å². The van der Waals surface area contributed by atoms with E-state index < -0.39 is 0 Å². The molecule has 23 heavy (non-hydrogen) atoms. The van der Waals surface area contributed by atoms with Crippen LogP contribution in [0.15, 0.2) is 64.4 Å². The molecular weight excluding hydrogens is 284 g/mol. The molecule has 1 fully saturated rings. The van der Waals surface area contributed by atoms with Crippen LogP contribution in [0.2, 0.25) is 0 Å². The minimum atomic E-state index is 0.307. The van der Waals surface area contributed by atoms with Crippen molar-refractivity contribution in [1.29, 1.82) is 0 Å². The lowest BCUT2D eigenvalue weighted by atomic mass is 9.86. The number of nitrogens with zero attached hydrogens (tertiary/aromatic N) is 2. The van der Waals surface area contributed by atoms with E-state index in [1.54, 1.807) is 0 Å².